The smallest absolute Gasteiger partial charge is 0.335 e. The average molecular weight is 342 g/mol. The van der Waals surface area contributed by atoms with Crippen LogP contribution < -0.4 is 15.4 Å². The molecule has 0 saturated carbocycles. The van der Waals surface area contributed by atoms with Gasteiger partial charge in [0.25, 0.3) is 0 Å². The Labute approximate surface area is 146 Å². The van der Waals surface area contributed by atoms with Gasteiger partial charge >= 0.3 is 12.0 Å². The van der Waals surface area contributed by atoms with Crippen LogP contribution in [-0.4, -0.2) is 30.8 Å². The van der Waals surface area contributed by atoms with Crippen molar-refractivity contribution in [3.8, 4) is 5.75 Å². The lowest BCUT2D eigenvalue weighted by Crippen LogP contribution is -2.36. The number of nitrogens with one attached hydrogen (secondary N) is 2. The zero-order valence-corrected chi connectivity index (χ0v) is 14.3. The molecule has 0 spiro atoms. The van der Waals surface area contributed by atoms with Crippen LogP contribution in [0.15, 0.2) is 42.5 Å². The highest BCUT2D eigenvalue weighted by molar-refractivity contribution is 5.87. The SMILES string of the molecule is COc1ccc(C)cc1CCNC(=O)NCc1ccc(C(=O)O)cc1. The number of ether oxygens (including phenoxy) is 1. The molecular formula is C19H22N2O4. The molecular weight excluding hydrogens is 320 g/mol. The van der Waals surface area contributed by atoms with E-state index in [1.165, 1.54) is 12.1 Å². The largest absolute Gasteiger partial charge is 0.496 e. The third-order valence-electron chi connectivity index (χ3n) is 3.77. The molecule has 0 atom stereocenters. The maximum atomic E-state index is 11.9. The van der Waals surface area contributed by atoms with Gasteiger partial charge in [-0.3, -0.25) is 0 Å². The number of rotatable bonds is 7. The first-order valence-electron chi connectivity index (χ1n) is 7.97. The Morgan fingerprint density at radius 1 is 1.08 bits per heavy atom. The summed E-state index contributed by atoms with van der Waals surface area (Å²) in [7, 11) is 1.63. The van der Waals surface area contributed by atoms with Crippen molar-refractivity contribution < 1.29 is 19.4 Å². The number of hydrogen-bond donors (Lipinski definition) is 3. The van der Waals surface area contributed by atoms with Gasteiger partial charge in [-0.25, -0.2) is 9.59 Å². The zero-order chi connectivity index (χ0) is 18.2. The number of aryl methyl sites for hydroxylation is 1. The van der Waals surface area contributed by atoms with Crippen molar-refractivity contribution in [3.63, 3.8) is 0 Å². The molecule has 2 aromatic rings. The molecule has 0 bridgehead atoms. The van der Waals surface area contributed by atoms with E-state index >= 15 is 0 Å². The van der Waals surface area contributed by atoms with E-state index in [1.807, 2.05) is 25.1 Å². The van der Waals surface area contributed by atoms with E-state index in [0.717, 1.165) is 22.4 Å². The van der Waals surface area contributed by atoms with Gasteiger partial charge in [-0.15, -0.1) is 0 Å². The predicted octanol–water partition coefficient (Wildman–Crippen LogP) is 2.74. The fourth-order valence-corrected chi connectivity index (χ4v) is 2.42. The van der Waals surface area contributed by atoms with Gasteiger partial charge in [0.2, 0.25) is 0 Å². The highest BCUT2D eigenvalue weighted by atomic mass is 16.5. The zero-order valence-electron chi connectivity index (χ0n) is 14.3. The van der Waals surface area contributed by atoms with Crippen LogP contribution in [0.25, 0.3) is 0 Å². The van der Waals surface area contributed by atoms with Crippen LogP contribution in [0.4, 0.5) is 4.79 Å². The number of benzene rings is 2. The highest BCUT2D eigenvalue weighted by Crippen LogP contribution is 2.19. The van der Waals surface area contributed by atoms with Crippen LogP contribution in [0.1, 0.15) is 27.0 Å². The lowest BCUT2D eigenvalue weighted by Gasteiger charge is -2.11. The molecule has 0 unspecified atom stereocenters. The first kappa shape index (κ1) is 18.3. The van der Waals surface area contributed by atoms with Crippen molar-refractivity contribution >= 4 is 12.0 Å². The summed E-state index contributed by atoms with van der Waals surface area (Å²) in [6.07, 6.45) is 0.672. The molecule has 0 aliphatic heterocycles. The maximum Gasteiger partial charge on any atom is 0.335 e. The number of carboxylic acids is 1. The molecule has 2 amide bonds. The number of methoxy groups -OCH3 is 1. The Kier molecular flexibility index (Phi) is 6.39. The summed E-state index contributed by atoms with van der Waals surface area (Å²) in [5, 5.41) is 14.4. The Morgan fingerprint density at radius 2 is 1.80 bits per heavy atom. The molecule has 0 aromatic heterocycles. The molecule has 0 aliphatic carbocycles. The molecule has 6 heteroatoms. The third kappa shape index (κ3) is 5.53. The summed E-state index contributed by atoms with van der Waals surface area (Å²) >= 11 is 0. The molecule has 2 aromatic carbocycles. The minimum Gasteiger partial charge on any atom is -0.496 e. The minimum atomic E-state index is -0.969. The van der Waals surface area contributed by atoms with Crippen molar-refractivity contribution in [3.05, 3.63) is 64.7 Å². The van der Waals surface area contributed by atoms with Gasteiger partial charge in [-0.05, 0) is 42.7 Å². The van der Waals surface area contributed by atoms with Crippen LogP contribution in [0.2, 0.25) is 0 Å². The van der Waals surface area contributed by atoms with E-state index in [2.05, 4.69) is 10.6 Å². The third-order valence-corrected chi connectivity index (χ3v) is 3.77. The normalized spacial score (nSPS) is 10.2. The summed E-state index contributed by atoms with van der Waals surface area (Å²) in [5.74, 6) is -0.157. The molecule has 25 heavy (non-hydrogen) atoms. The number of carbonyl (C=O) groups excluding carboxylic acids is 1. The van der Waals surface area contributed by atoms with E-state index < -0.39 is 5.97 Å². The lowest BCUT2D eigenvalue weighted by molar-refractivity contribution is 0.0697. The van der Waals surface area contributed by atoms with Gasteiger partial charge in [-0.2, -0.15) is 0 Å². The number of aromatic carboxylic acids is 1. The molecule has 0 heterocycles. The summed E-state index contributed by atoms with van der Waals surface area (Å²) < 4.78 is 5.32. The second kappa shape index (κ2) is 8.73. The minimum absolute atomic E-state index is 0.223. The number of carbonyl (C=O) groups is 2. The number of carboxylic acid groups (broad SMARTS) is 1. The Morgan fingerprint density at radius 3 is 2.44 bits per heavy atom. The number of amides is 2. The molecule has 0 fully saturated rings. The predicted molar refractivity (Wildman–Crippen MR) is 95.1 cm³/mol. The van der Waals surface area contributed by atoms with Gasteiger partial charge in [0.05, 0.1) is 12.7 Å². The second-order valence-corrected chi connectivity index (χ2v) is 5.68. The van der Waals surface area contributed by atoms with Crippen molar-refractivity contribution in [2.24, 2.45) is 0 Å². The van der Waals surface area contributed by atoms with Gasteiger partial charge in [0, 0.05) is 13.1 Å². The first-order chi connectivity index (χ1) is 12.0. The van der Waals surface area contributed by atoms with Crippen LogP contribution in [0.5, 0.6) is 5.75 Å². The van der Waals surface area contributed by atoms with Crippen molar-refractivity contribution in [2.75, 3.05) is 13.7 Å². The molecule has 2 rings (SSSR count). The molecule has 6 nitrogen and oxygen atoms in total. The molecule has 0 radical (unpaired) electrons. The van der Waals surface area contributed by atoms with E-state index in [9.17, 15) is 9.59 Å². The lowest BCUT2D eigenvalue weighted by atomic mass is 10.1. The fourth-order valence-electron chi connectivity index (χ4n) is 2.42. The van der Waals surface area contributed by atoms with Gasteiger partial charge in [-0.1, -0.05) is 29.8 Å². The van der Waals surface area contributed by atoms with Gasteiger partial charge in [0.15, 0.2) is 0 Å². The summed E-state index contributed by atoms with van der Waals surface area (Å²) in [6, 6.07) is 12.1. The monoisotopic (exact) mass is 342 g/mol. The second-order valence-electron chi connectivity index (χ2n) is 5.68. The van der Waals surface area contributed by atoms with E-state index in [4.69, 9.17) is 9.84 Å². The quantitative estimate of drug-likeness (QED) is 0.722. The first-order valence-corrected chi connectivity index (χ1v) is 7.97. The summed E-state index contributed by atoms with van der Waals surface area (Å²) in [5.41, 5.74) is 3.25. The van der Waals surface area contributed by atoms with Gasteiger partial charge in [0.1, 0.15) is 5.75 Å². The van der Waals surface area contributed by atoms with E-state index in [0.29, 0.717) is 19.5 Å². The van der Waals surface area contributed by atoms with Crippen LogP contribution in [0, 0.1) is 6.92 Å². The highest BCUT2D eigenvalue weighted by Gasteiger charge is 2.06. The van der Waals surface area contributed by atoms with Crippen LogP contribution >= 0.6 is 0 Å². The van der Waals surface area contributed by atoms with Crippen molar-refractivity contribution in [1.82, 2.24) is 10.6 Å². The molecule has 0 saturated heterocycles. The maximum absolute atomic E-state index is 11.9. The summed E-state index contributed by atoms with van der Waals surface area (Å²) in [6.45, 7) is 2.84. The van der Waals surface area contributed by atoms with E-state index in [-0.39, 0.29) is 11.6 Å². The Balaban J connectivity index is 1.77. The Hall–Kier alpha value is -3.02. The summed E-state index contributed by atoms with van der Waals surface area (Å²) in [4.78, 5) is 22.6. The van der Waals surface area contributed by atoms with E-state index in [1.54, 1.807) is 19.2 Å². The Bertz CT molecular complexity index is 742. The molecule has 0 aliphatic rings. The molecule has 132 valence electrons. The average Bonchev–Trinajstić information content (AvgIpc) is 2.60. The van der Waals surface area contributed by atoms with Gasteiger partial charge < -0.3 is 20.5 Å². The molecule has 3 N–H and O–H groups in total. The van der Waals surface area contributed by atoms with Crippen molar-refractivity contribution in [2.45, 2.75) is 19.9 Å². The van der Waals surface area contributed by atoms with Crippen LogP contribution in [-0.2, 0) is 13.0 Å². The fraction of sp³-hybridized carbons (Fsp3) is 0.263. The number of hydrogen-bond acceptors (Lipinski definition) is 3. The topological polar surface area (TPSA) is 87.7 Å². The standard InChI is InChI=1S/C19H22N2O4/c1-13-3-8-17(25-2)16(11-13)9-10-20-19(24)21-12-14-4-6-15(7-5-14)18(22)23/h3-8,11H,9-10,12H2,1-2H3,(H,22,23)(H2,20,21,24). The van der Waals surface area contributed by atoms with Crippen LogP contribution in [0.3, 0.4) is 0 Å². The number of urea groups is 1. The van der Waals surface area contributed by atoms with Crippen molar-refractivity contribution in [1.29, 1.82) is 0 Å².